The van der Waals surface area contributed by atoms with E-state index in [4.69, 9.17) is 0 Å². The van der Waals surface area contributed by atoms with Gasteiger partial charge >= 0.3 is 0 Å². The molecule has 0 atom stereocenters. The van der Waals surface area contributed by atoms with E-state index in [1.54, 1.807) is 11.3 Å². The predicted octanol–water partition coefficient (Wildman–Crippen LogP) is 2.35. The van der Waals surface area contributed by atoms with Crippen LogP contribution < -0.4 is 0 Å². The third-order valence-electron chi connectivity index (χ3n) is 2.33. The molecule has 1 aromatic heterocycles. The Bertz CT molecular complexity index is 364. The molecule has 0 spiro atoms. The van der Waals surface area contributed by atoms with E-state index in [2.05, 4.69) is 16.9 Å². The third kappa shape index (κ3) is 5.51. The first-order chi connectivity index (χ1) is 8.04. The van der Waals surface area contributed by atoms with Crippen LogP contribution in [0.1, 0.15) is 16.8 Å². The number of rotatable bonds is 4. The molecule has 4 nitrogen and oxygen atoms in total. The highest BCUT2D eigenvalue weighted by Gasteiger charge is 2.04. The van der Waals surface area contributed by atoms with Crippen LogP contribution in [-0.4, -0.2) is 55.5 Å². The zero-order valence-electron chi connectivity index (χ0n) is 11.8. The average Bonchev–Trinajstić information content (AvgIpc) is 2.71. The van der Waals surface area contributed by atoms with Gasteiger partial charge < -0.3 is 9.80 Å². The number of guanidine groups is 1. The first kappa shape index (κ1) is 17.6. The summed E-state index contributed by atoms with van der Waals surface area (Å²) in [5.74, 6) is 0.997. The summed E-state index contributed by atoms with van der Waals surface area (Å²) in [6.07, 6.45) is 3.97. The highest BCUT2D eigenvalue weighted by molar-refractivity contribution is 14.0. The Labute approximate surface area is 131 Å². The molecule has 0 aliphatic heterocycles. The number of hydrogen-bond acceptors (Lipinski definition) is 3. The Morgan fingerprint density at radius 1 is 1.28 bits per heavy atom. The number of thiazole rings is 1. The molecule has 18 heavy (non-hydrogen) atoms. The Morgan fingerprint density at radius 3 is 2.33 bits per heavy atom. The van der Waals surface area contributed by atoms with E-state index in [1.807, 2.05) is 44.2 Å². The monoisotopic (exact) mass is 382 g/mol. The summed E-state index contributed by atoms with van der Waals surface area (Å²) in [5.41, 5.74) is 0. The molecule has 0 saturated heterocycles. The molecule has 0 saturated carbocycles. The molecule has 0 aliphatic carbocycles. The standard InChI is InChI=1S/C12H22N4S.HI/c1-6-10-9-14-11(17-10)7-8-13-12(15(2)3)16(4)5;/h9H,6-8H2,1-5H3;1H. The number of aliphatic imine (C=N–C) groups is 1. The SMILES string of the molecule is CCc1cnc(CCN=C(N(C)C)N(C)C)s1.I. The molecular formula is C12H23IN4S. The summed E-state index contributed by atoms with van der Waals surface area (Å²) in [5, 5.41) is 1.18. The van der Waals surface area contributed by atoms with Gasteiger partial charge in [-0.05, 0) is 6.42 Å². The molecule has 0 amide bonds. The molecule has 0 N–H and O–H groups in total. The maximum Gasteiger partial charge on any atom is 0.195 e. The second-order valence-corrected chi connectivity index (χ2v) is 5.49. The van der Waals surface area contributed by atoms with Crippen LogP contribution in [0.25, 0.3) is 0 Å². The van der Waals surface area contributed by atoms with Gasteiger partial charge in [0.2, 0.25) is 0 Å². The second-order valence-electron chi connectivity index (χ2n) is 4.29. The van der Waals surface area contributed by atoms with Gasteiger partial charge in [0.1, 0.15) is 0 Å². The fraction of sp³-hybridized carbons (Fsp3) is 0.667. The topological polar surface area (TPSA) is 31.7 Å². The Balaban J connectivity index is 0.00000289. The zero-order valence-corrected chi connectivity index (χ0v) is 15.0. The van der Waals surface area contributed by atoms with Crippen molar-refractivity contribution in [2.45, 2.75) is 19.8 Å². The van der Waals surface area contributed by atoms with Crippen molar-refractivity contribution >= 4 is 41.3 Å². The minimum Gasteiger partial charge on any atom is -0.349 e. The van der Waals surface area contributed by atoms with Crippen LogP contribution in [0.15, 0.2) is 11.2 Å². The van der Waals surface area contributed by atoms with Crippen molar-refractivity contribution in [3.63, 3.8) is 0 Å². The van der Waals surface area contributed by atoms with Gasteiger partial charge in [0, 0.05) is 52.2 Å². The normalized spacial score (nSPS) is 9.61. The van der Waals surface area contributed by atoms with Crippen LogP contribution in [0.2, 0.25) is 0 Å². The minimum absolute atomic E-state index is 0. The van der Waals surface area contributed by atoms with E-state index in [0.29, 0.717) is 0 Å². The number of nitrogens with zero attached hydrogens (tertiary/aromatic N) is 4. The van der Waals surface area contributed by atoms with E-state index in [0.717, 1.165) is 25.3 Å². The lowest BCUT2D eigenvalue weighted by Gasteiger charge is -2.22. The Hall–Kier alpha value is -0.370. The van der Waals surface area contributed by atoms with Gasteiger partial charge in [0.25, 0.3) is 0 Å². The molecule has 6 heteroatoms. The zero-order chi connectivity index (χ0) is 12.8. The molecule has 0 unspecified atom stereocenters. The smallest absolute Gasteiger partial charge is 0.195 e. The summed E-state index contributed by atoms with van der Waals surface area (Å²) in [7, 11) is 8.05. The van der Waals surface area contributed by atoms with Crippen molar-refractivity contribution in [1.82, 2.24) is 14.8 Å². The maximum atomic E-state index is 4.59. The van der Waals surface area contributed by atoms with Gasteiger partial charge in [0.05, 0.1) is 5.01 Å². The van der Waals surface area contributed by atoms with Gasteiger partial charge in [-0.25, -0.2) is 4.98 Å². The van der Waals surface area contributed by atoms with Gasteiger partial charge in [-0.3, -0.25) is 4.99 Å². The van der Waals surface area contributed by atoms with Crippen LogP contribution in [-0.2, 0) is 12.8 Å². The lowest BCUT2D eigenvalue weighted by Crippen LogP contribution is -2.35. The second kappa shape index (κ2) is 8.68. The molecule has 0 aromatic carbocycles. The predicted molar refractivity (Wildman–Crippen MR) is 90.3 cm³/mol. The molecule has 0 fully saturated rings. The van der Waals surface area contributed by atoms with Crippen molar-refractivity contribution in [3.05, 3.63) is 16.1 Å². The summed E-state index contributed by atoms with van der Waals surface area (Å²) < 4.78 is 0. The quantitative estimate of drug-likeness (QED) is 0.455. The fourth-order valence-corrected chi connectivity index (χ4v) is 2.41. The van der Waals surface area contributed by atoms with E-state index in [-0.39, 0.29) is 24.0 Å². The van der Waals surface area contributed by atoms with E-state index in [1.165, 1.54) is 9.88 Å². The Kier molecular flexibility index (Phi) is 8.51. The van der Waals surface area contributed by atoms with Crippen LogP contribution in [0.4, 0.5) is 0 Å². The van der Waals surface area contributed by atoms with Gasteiger partial charge in [-0.1, -0.05) is 6.92 Å². The molecule has 1 heterocycles. The molecule has 0 aliphatic rings. The minimum atomic E-state index is 0. The third-order valence-corrected chi connectivity index (χ3v) is 3.53. The van der Waals surface area contributed by atoms with Crippen LogP contribution in [0, 0.1) is 0 Å². The summed E-state index contributed by atoms with van der Waals surface area (Å²) >= 11 is 1.79. The van der Waals surface area contributed by atoms with Gasteiger partial charge in [0.15, 0.2) is 5.96 Å². The lowest BCUT2D eigenvalue weighted by molar-refractivity contribution is 0.479. The van der Waals surface area contributed by atoms with Crippen LogP contribution >= 0.6 is 35.3 Å². The summed E-state index contributed by atoms with van der Waals surface area (Å²) in [6.45, 7) is 2.95. The van der Waals surface area contributed by atoms with Crippen molar-refractivity contribution in [3.8, 4) is 0 Å². The average molecular weight is 382 g/mol. The number of halogens is 1. The van der Waals surface area contributed by atoms with E-state index in [9.17, 15) is 0 Å². The first-order valence-corrected chi connectivity index (χ1v) is 6.69. The molecule has 1 aromatic rings. The molecular weight excluding hydrogens is 359 g/mol. The van der Waals surface area contributed by atoms with Crippen LogP contribution in [0.5, 0.6) is 0 Å². The lowest BCUT2D eigenvalue weighted by atomic mass is 10.4. The van der Waals surface area contributed by atoms with Crippen molar-refractivity contribution < 1.29 is 0 Å². The van der Waals surface area contributed by atoms with Gasteiger partial charge in [-0.15, -0.1) is 35.3 Å². The molecule has 0 bridgehead atoms. The number of hydrogen-bond donors (Lipinski definition) is 0. The van der Waals surface area contributed by atoms with E-state index < -0.39 is 0 Å². The van der Waals surface area contributed by atoms with Crippen LogP contribution in [0.3, 0.4) is 0 Å². The molecule has 104 valence electrons. The maximum absolute atomic E-state index is 4.59. The van der Waals surface area contributed by atoms with E-state index >= 15 is 0 Å². The van der Waals surface area contributed by atoms with Crippen molar-refractivity contribution in [1.29, 1.82) is 0 Å². The number of aryl methyl sites for hydroxylation is 1. The first-order valence-electron chi connectivity index (χ1n) is 5.87. The largest absolute Gasteiger partial charge is 0.349 e. The molecule has 1 rings (SSSR count). The number of aromatic nitrogens is 1. The molecule has 0 radical (unpaired) electrons. The Morgan fingerprint density at radius 2 is 1.89 bits per heavy atom. The van der Waals surface area contributed by atoms with Gasteiger partial charge in [-0.2, -0.15) is 0 Å². The van der Waals surface area contributed by atoms with Crippen molar-refractivity contribution in [2.75, 3.05) is 34.7 Å². The highest BCUT2D eigenvalue weighted by atomic mass is 127. The summed E-state index contributed by atoms with van der Waals surface area (Å²) in [6, 6.07) is 0. The van der Waals surface area contributed by atoms with Crippen molar-refractivity contribution in [2.24, 2.45) is 4.99 Å². The highest BCUT2D eigenvalue weighted by Crippen LogP contribution is 2.13. The summed E-state index contributed by atoms with van der Waals surface area (Å²) in [4.78, 5) is 14.4. The fourth-order valence-electron chi connectivity index (χ4n) is 1.56.